The lowest BCUT2D eigenvalue weighted by molar-refractivity contribution is 0.201. The lowest BCUT2D eigenvalue weighted by atomic mass is 10.1. The van der Waals surface area contributed by atoms with E-state index in [9.17, 15) is 8.78 Å². The molecule has 0 fully saturated rings. The van der Waals surface area contributed by atoms with Crippen LogP contribution in [0.4, 0.5) is 14.5 Å². The van der Waals surface area contributed by atoms with Crippen LogP contribution in [0.25, 0.3) is 0 Å². The molecule has 0 unspecified atom stereocenters. The average Bonchev–Trinajstić information content (AvgIpc) is 2.42. The van der Waals surface area contributed by atoms with Gasteiger partial charge in [-0.15, -0.1) is 0 Å². The minimum Gasteiger partial charge on any atom is -0.399 e. The van der Waals surface area contributed by atoms with E-state index >= 15 is 0 Å². The Labute approximate surface area is 124 Å². The fourth-order valence-corrected chi connectivity index (χ4v) is 2.23. The molecule has 112 valence electrons. The number of hydrogen-bond acceptors (Lipinski definition) is 2. The van der Waals surface area contributed by atoms with Crippen LogP contribution in [-0.4, -0.2) is 10.9 Å². The molecule has 2 aromatic rings. The van der Waals surface area contributed by atoms with Crippen LogP contribution in [-0.2, 0) is 13.1 Å². The lowest BCUT2D eigenvalue weighted by Crippen LogP contribution is -2.30. The van der Waals surface area contributed by atoms with Gasteiger partial charge >= 0.3 is 0 Å². The molecule has 0 saturated carbocycles. The van der Waals surface area contributed by atoms with Crippen molar-refractivity contribution < 1.29 is 8.78 Å². The van der Waals surface area contributed by atoms with Gasteiger partial charge in [0.05, 0.1) is 0 Å². The monoisotopic (exact) mass is 290 g/mol. The molecule has 0 atom stereocenters. The number of hydrogen-bond donors (Lipinski definition) is 1. The summed E-state index contributed by atoms with van der Waals surface area (Å²) in [6.07, 6.45) is 0. The van der Waals surface area contributed by atoms with Gasteiger partial charge in [-0.1, -0.05) is 12.1 Å². The van der Waals surface area contributed by atoms with Crippen molar-refractivity contribution in [1.29, 1.82) is 0 Å². The average molecular weight is 290 g/mol. The van der Waals surface area contributed by atoms with Crippen LogP contribution in [0.15, 0.2) is 42.5 Å². The van der Waals surface area contributed by atoms with Gasteiger partial charge in [0.15, 0.2) is 0 Å². The first-order chi connectivity index (χ1) is 9.95. The highest BCUT2D eigenvalue weighted by atomic mass is 19.1. The second kappa shape index (κ2) is 6.68. The molecule has 0 bridgehead atoms. The minimum atomic E-state index is -0.418. The zero-order valence-electron chi connectivity index (χ0n) is 12.3. The predicted octanol–water partition coefficient (Wildman–Crippen LogP) is 3.96. The van der Waals surface area contributed by atoms with Gasteiger partial charge in [-0.25, -0.2) is 8.78 Å². The molecule has 0 saturated heterocycles. The summed E-state index contributed by atoms with van der Waals surface area (Å²) in [7, 11) is 0. The van der Waals surface area contributed by atoms with E-state index in [0.29, 0.717) is 24.3 Å². The highest BCUT2D eigenvalue weighted by Gasteiger charge is 2.14. The first-order valence-electron chi connectivity index (χ1n) is 6.98. The Morgan fingerprint density at radius 2 is 1.81 bits per heavy atom. The van der Waals surface area contributed by atoms with E-state index in [1.807, 2.05) is 38.1 Å². The smallest absolute Gasteiger partial charge is 0.127 e. The molecular weight excluding hydrogens is 270 g/mol. The molecular formula is C17H20F2N2. The highest BCUT2D eigenvalue weighted by molar-refractivity contribution is 5.40. The van der Waals surface area contributed by atoms with E-state index in [2.05, 4.69) is 4.90 Å². The molecule has 4 heteroatoms. The van der Waals surface area contributed by atoms with E-state index in [1.54, 1.807) is 0 Å². The summed E-state index contributed by atoms with van der Waals surface area (Å²) in [5.74, 6) is -0.798. The van der Waals surface area contributed by atoms with E-state index in [1.165, 1.54) is 12.1 Å². The number of halogens is 2. The van der Waals surface area contributed by atoms with E-state index in [-0.39, 0.29) is 11.9 Å². The normalized spacial score (nSPS) is 11.3. The van der Waals surface area contributed by atoms with Crippen molar-refractivity contribution in [1.82, 2.24) is 4.90 Å². The molecule has 0 aliphatic carbocycles. The Bertz CT molecular complexity index is 611. The van der Waals surface area contributed by atoms with E-state index in [4.69, 9.17) is 5.73 Å². The third-order valence-electron chi connectivity index (χ3n) is 3.45. The van der Waals surface area contributed by atoms with Crippen molar-refractivity contribution in [3.05, 3.63) is 65.2 Å². The topological polar surface area (TPSA) is 29.3 Å². The summed E-state index contributed by atoms with van der Waals surface area (Å²) >= 11 is 0. The zero-order chi connectivity index (χ0) is 15.4. The molecule has 0 amide bonds. The van der Waals surface area contributed by atoms with Crippen molar-refractivity contribution in [2.45, 2.75) is 33.0 Å². The van der Waals surface area contributed by atoms with Crippen LogP contribution in [0.2, 0.25) is 0 Å². The third kappa shape index (κ3) is 4.26. The SMILES string of the molecule is CC(C)N(Cc1cccc(N)c1)Cc1cc(F)ccc1F. The molecule has 2 aromatic carbocycles. The van der Waals surface area contributed by atoms with E-state index in [0.717, 1.165) is 11.6 Å². The quantitative estimate of drug-likeness (QED) is 0.845. The van der Waals surface area contributed by atoms with Gasteiger partial charge in [0.25, 0.3) is 0 Å². The Kier molecular flexibility index (Phi) is 4.91. The molecule has 2 N–H and O–H groups in total. The van der Waals surface area contributed by atoms with E-state index < -0.39 is 5.82 Å². The van der Waals surface area contributed by atoms with Gasteiger partial charge in [0.1, 0.15) is 11.6 Å². The van der Waals surface area contributed by atoms with Gasteiger partial charge in [-0.3, -0.25) is 4.90 Å². The van der Waals surface area contributed by atoms with Crippen LogP contribution in [0.5, 0.6) is 0 Å². The molecule has 2 nitrogen and oxygen atoms in total. The van der Waals surface area contributed by atoms with Crippen molar-refractivity contribution in [3.63, 3.8) is 0 Å². The van der Waals surface area contributed by atoms with Crippen LogP contribution in [0.3, 0.4) is 0 Å². The Hall–Kier alpha value is -1.94. The number of anilines is 1. The number of nitrogens with zero attached hydrogens (tertiary/aromatic N) is 1. The second-order valence-corrected chi connectivity index (χ2v) is 5.48. The number of rotatable bonds is 5. The number of nitrogen functional groups attached to an aromatic ring is 1. The van der Waals surface area contributed by atoms with Crippen LogP contribution in [0.1, 0.15) is 25.0 Å². The largest absolute Gasteiger partial charge is 0.399 e. The van der Waals surface area contributed by atoms with Gasteiger partial charge in [0, 0.05) is 30.4 Å². The van der Waals surface area contributed by atoms with Crippen LogP contribution < -0.4 is 5.73 Å². The molecule has 0 aliphatic rings. The fraction of sp³-hybridized carbons (Fsp3) is 0.294. The van der Waals surface area contributed by atoms with Crippen LogP contribution in [0, 0.1) is 11.6 Å². The maximum Gasteiger partial charge on any atom is 0.127 e. The Morgan fingerprint density at radius 3 is 2.48 bits per heavy atom. The molecule has 0 spiro atoms. The molecule has 0 aromatic heterocycles. The van der Waals surface area contributed by atoms with Gasteiger partial charge < -0.3 is 5.73 Å². The molecule has 0 radical (unpaired) electrons. The summed E-state index contributed by atoms with van der Waals surface area (Å²) in [5.41, 5.74) is 7.91. The Balaban J connectivity index is 2.18. The summed E-state index contributed by atoms with van der Waals surface area (Å²) < 4.78 is 27.1. The molecule has 0 heterocycles. The highest BCUT2D eigenvalue weighted by Crippen LogP contribution is 2.17. The Morgan fingerprint density at radius 1 is 1.05 bits per heavy atom. The summed E-state index contributed by atoms with van der Waals surface area (Å²) in [5, 5.41) is 0. The lowest BCUT2D eigenvalue weighted by Gasteiger charge is -2.27. The van der Waals surface area contributed by atoms with Crippen molar-refractivity contribution in [2.75, 3.05) is 5.73 Å². The van der Waals surface area contributed by atoms with Crippen molar-refractivity contribution in [2.24, 2.45) is 0 Å². The fourth-order valence-electron chi connectivity index (χ4n) is 2.23. The standard InChI is InChI=1S/C17H20F2N2/c1-12(2)21(10-13-4-3-5-16(20)8-13)11-14-9-15(18)6-7-17(14)19/h3-9,12H,10-11,20H2,1-2H3. The summed E-state index contributed by atoms with van der Waals surface area (Å²) in [4.78, 5) is 2.08. The number of nitrogens with two attached hydrogens (primary N) is 1. The first-order valence-corrected chi connectivity index (χ1v) is 6.98. The molecule has 0 aliphatic heterocycles. The van der Waals surface area contributed by atoms with Gasteiger partial charge in [0.2, 0.25) is 0 Å². The maximum atomic E-state index is 13.8. The summed E-state index contributed by atoms with van der Waals surface area (Å²) in [6.45, 7) is 5.06. The van der Waals surface area contributed by atoms with Gasteiger partial charge in [-0.2, -0.15) is 0 Å². The van der Waals surface area contributed by atoms with Crippen LogP contribution >= 0.6 is 0 Å². The zero-order valence-corrected chi connectivity index (χ0v) is 12.3. The van der Waals surface area contributed by atoms with Crippen molar-refractivity contribution >= 4 is 5.69 Å². The first kappa shape index (κ1) is 15.4. The van der Waals surface area contributed by atoms with Gasteiger partial charge in [-0.05, 0) is 49.7 Å². The second-order valence-electron chi connectivity index (χ2n) is 5.48. The maximum absolute atomic E-state index is 13.8. The van der Waals surface area contributed by atoms with Crippen molar-refractivity contribution in [3.8, 4) is 0 Å². The third-order valence-corrected chi connectivity index (χ3v) is 3.45. The molecule has 2 rings (SSSR count). The number of benzene rings is 2. The molecule has 21 heavy (non-hydrogen) atoms. The summed E-state index contributed by atoms with van der Waals surface area (Å²) in [6, 6.07) is 11.4. The minimum absolute atomic E-state index is 0.203. The predicted molar refractivity (Wildman–Crippen MR) is 81.6 cm³/mol.